The van der Waals surface area contributed by atoms with E-state index in [9.17, 15) is 19.0 Å². The van der Waals surface area contributed by atoms with E-state index in [1.165, 1.54) is 225 Å². The summed E-state index contributed by atoms with van der Waals surface area (Å²) in [6.07, 6.45) is 75.6. The molecule has 0 fully saturated rings. The predicted octanol–water partition coefficient (Wildman–Crippen LogP) is 21.6. The summed E-state index contributed by atoms with van der Waals surface area (Å²) in [5.41, 5.74) is 0. The summed E-state index contributed by atoms with van der Waals surface area (Å²) < 4.78 is 30.8. The molecule has 80 heavy (non-hydrogen) atoms. The van der Waals surface area contributed by atoms with Crippen LogP contribution in [-0.2, 0) is 27.9 Å². The van der Waals surface area contributed by atoms with Gasteiger partial charge in [-0.05, 0) is 51.0 Å². The number of quaternary nitrogens is 1. The van der Waals surface area contributed by atoms with Crippen molar-refractivity contribution in [2.75, 3.05) is 40.9 Å². The molecule has 0 aliphatic rings. The maximum Gasteiger partial charge on any atom is 0.472 e. The fourth-order valence-corrected chi connectivity index (χ4v) is 11.0. The third-order valence-corrected chi connectivity index (χ3v) is 16.6. The van der Waals surface area contributed by atoms with Crippen molar-refractivity contribution >= 4 is 19.7 Å². The number of likely N-dealkylation sites (N-methyl/N-ethyl adjacent to an activating group) is 1. The zero-order chi connectivity index (χ0) is 58.6. The molecule has 0 aromatic carbocycles. The lowest BCUT2D eigenvalue weighted by Gasteiger charge is -2.27. The Labute approximate surface area is 497 Å². The minimum absolute atomic E-state index is 0.0387. The number of hydrogen-bond donors (Lipinski definition) is 2. The summed E-state index contributed by atoms with van der Waals surface area (Å²) in [5.74, 6) is -0.505. The van der Waals surface area contributed by atoms with E-state index in [1.807, 2.05) is 33.3 Å². The van der Waals surface area contributed by atoms with Crippen molar-refractivity contribution in [3.05, 3.63) is 48.6 Å². The quantitative estimate of drug-likeness (QED) is 0.0156. The van der Waals surface area contributed by atoms with Crippen molar-refractivity contribution in [2.24, 2.45) is 0 Å². The molecule has 1 amide bonds. The Morgan fingerprint density at radius 1 is 0.450 bits per heavy atom. The molecular formula is C70H134N2O7P+. The molecule has 0 heterocycles. The highest BCUT2D eigenvalue weighted by Gasteiger charge is 2.30. The highest BCUT2D eigenvalue weighted by Crippen LogP contribution is 2.43. The van der Waals surface area contributed by atoms with Gasteiger partial charge in [-0.25, -0.2) is 4.57 Å². The number of hydrogen-bond acceptors (Lipinski definition) is 6. The van der Waals surface area contributed by atoms with E-state index in [0.29, 0.717) is 23.9 Å². The molecule has 2 N–H and O–H groups in total. The number of nitrogens with zero attached hydrogens (tertiary/aromatic N) is 1. The fourth-order valence-electron chi connectivity index (χ4n) is 10.3. The number of nitrogens with one attached hydrogen (secondary N) is 1. The molecule has 10 heteroatoms. The molecule has 0 aromatic heterocycles. The third-order valence-electron chi connectivity index (χ3n) is 15.6. The van der Waals surface area contributed by atoms with Crippen LogP contribution in [0.2, 0.25) is 0 Å². The van der Waals surface area contributed by atoms with Crippen molar-refractivity contribution < 1.29 is 37.3 Å². The van der Waals surface area contributed by atoms with Crippen LogP contribution in [0.5, 0.6) is 0 Å². The molecule has 0 radical (unpaired) electrons. The number of carbonyl (C=O) groups is 2. The van der Waals surface area contributed by atoms with Crippen LogP contribution < -0.4 is 5.32 Å². The lowest BCUT2D eigenvalue weighted by atomic mass is 10.0. The largest absolute Gasteiger partial charge is 0.472 e. The highest BCUT2D eigenvalue weighted by molar-refractivity contribution is 7.47. The Hall–Kier alpha value is -2.03. The van der Waals surface area contributed by atoms with Crippen molar-refractivity contribution in [2.45, 2.75) is 348 Å². The smallest absolute Gasteiger partial charge is 0.456 e. The molecule has 0 saturated carbocycles. The summed E-state index contributed by atoms with van der Waals surface area (Å²) in [4.78, 5) is 37.8. The van der Waals surface area contributed by atoms with Gasteiger partial charge in [0.2, 0.25) is 5.91 Å². The maximum atomic E-state index is 13.6. The van der Waals surface area contributed by atoms with E-state index in [0.717, 1.165) is 77.0 Å². The number of ether oxygens (including phenoxy) is 1. The molecule has 0 aromatic rings. The lowest BCUT2D eigenvalue weighted by molar-refractivity contribution is -0.870. The van der Waals surface area contributed by atoms with Gasteiger partial charge in [-0.2, -0.15) is 0 Å². The van der Waals surface area contributed by atoms with Crippen molar-refractivity contribution in [1.29, 1.82) is 0 Å². The molecule has 0 bridgehead atoms. The van der Waals surface area contributed by atoms with Gasteiger partial charge in [0, 0.05) is 12.8 Å². The second-order valence-corrected chi connectivity index (χ2v) is 26.2. The minimum Gasteiger partial charge on any atom is -0.456 e. The van der Waals surface area contributed by atoms with E-state index in [2.05, 4.69) is 62.5 Å². The molecule has 3 atom stereocenters. The van der Waals surface area contributed by atoms with Crippen molar-refractivity contribution in [1.82, 2.24) is 5.32 Å². The first-order valence-corrected chi connectivity index (χ1v) is 36.0. The maximum absolute atomic E-state index is 13.6. The number of phosphoric ester groups is 1. The van der Waals surface area contributed by atoms with Crippen LogP contribution in [0.3, 0.4) is 0 Å². The number of amides is 1. The van der Waals surface area contributed by atoms with Gasteiger partial charge in [0.05, 0.1) is 33.8 Å². The minimum atomic E-state index is -4.45. The first-order chi connectivity index (χ1) is 38.9. The van der Waals surface area contributed by atoms with Crippen molar-refractivity contribution in [3.8, 4) is 0 Å². The van der Waals surface area contributed by atoms with Crippen LogP contribution >= 0.6 is 7.82 Å². The molecule has 470 valence electrons. The summed E-state index contributed by atoms with van der Waals surface area (Å²) in [7, 11) is 1.50. The van der Waals surface area contributed by atoms with E-state index in [-0.39, 0.29) is 25.1 Å². The Kier molecular flexibility index (Phi) is 58.6. The van der Waals surface area contributed by atoms with Gasteiger partial charge in [0.25, 0.3) is 0 Å². The fraction of sp³-hybridized carbons (Fsp3) is 0.857. The van der Waals surface area contributed by atoms with Crippen LogP contribution in [0.1, 0.15) is 335 Å². The van der Waals surface area contributed by atoms with Gasteiger partial charge in [-0.3, -0.25) is 18.6 Å². The van der Waals surface area contributed by atoms with E-state index in [1.54, 1.807) is 0 Å². The number of allylic oxidation sites excluding steroid dienone is 7. The molecule has 0 saturated heterocycles. The molecular weight excluding hydrogens is 1010 g/mol. The molecule has 3 unspecified atom stereocenters. The topological polar surface area (TPSA) is 111 Å². The molecule has 0 aliphatic heterocycles. The zero-order valence-electron chi connectivity index (χ0n) is 53.8. The van der Waals surface area contributed by atoms with Gasteiger partial charge in [0.15, 0.2) is 0 Å². The molecule has 0 aliphatic carbocycles. The monoisotopic (exact) mass is 1150 g/mol. The Bertz CT molecular complexity index is 1510. The third kappa shape index (κ3) is 60.6. The molecule has 9 nitrogen and oxygen atoms in total. The lowest BCUT2D eigenvalue weighted by Crippen LogP contribution is -2.47. The Morgan fingerprint density at radius 2 is 0.800 bits per heavy atom. The van der Waals surface area contributed by atoms with Crippen LogP contribution in [0, 0.1) is 0 Å². The van der Waals surface area contributed by atoms with Gasteiger partial charge in [-0.15, -0.1) is 0 Å². The number of rotatable bonds is 63. The number of esters is 1. The summed E-state index contributed by atoms with van der Waals surface area (Å²) >= 11 is 0. The summed E-state index contributed by atoms with van der Waals surface area (Å²) in [6.45, 7) is 6.92. The van der Waals surface area contributed by atoms with Crippen molar-refractivity contribution in [3.63, 3.8) is 0 Å². The van der Waals surface area contributed by atoms with Crippen LogP contribution in [0.25, 0.3) is 0 Å². The number of phosphoric acid groups is 1. The van der Waals surface area contributed by atoms with E-state index >= 15 is 0 Å². The van der Waals surface area contributed by atoms with Crippen LogP contribution in [0.4, 0.5) is 0 Å². The second-order valence-electron chi connectivity index (χ2n) is 24.7. The predicted molar refractivity (Wildman–Crippen MR) is 346 cm³/mol. The Balaban J connectivity index is 4.98. The normalized spacial score (nSPS) is 13.8. The first-order valence-electron chi connectivity index (χ1n) is 34.5. The standard InChI is InChI=1S/C70H133N2O7P/c1-7-10-13-16-19-22-25-28-30-31-32-33-34-35-36-37-38-39-40-41-43-45-48-51-54-57-60-63-70(74)79-68(61-58-55-52-49-46-27-24-21-18-15-12-9-3)67(66-78-80(75,76)77-65-64-72(4,5)6)71-69(73)62-59-56-53-50-47-44-42-29-26-23-20-17-14-11-8-2/h11,14,17,20,23,26,58,61,67-68H,7-10,12-13,15-16,18-19,21-22,24-25,27-57,59-60,62-66H2,1-6H3,(H-,71,73,75,76)/p+1/b14-11+,20-17+,26-23+,61-58-. The second kappa shape index (κ2) is 60.1. The average molecular weight is 1150 g/mol. The Morgan fingerprint density at radius 3 is 1.19 bits per heavy atom. The van der Waals surface area contributed by atoms with Gasteiger partial charge in [-0.1, -0.05) is 320 Å². The highest BCUT2D eigenvalue weighted by atomic mass is 31.2. The number of carbonyl (C=O) groups excluding carboxylic acids is 2. The summed E-state index contributed by atoms with van der Waals surface area (Å²) in [6, 6.07) is -0.853. The van der Waals surface area contributed by atoms with Crippen LogP contribution in [-0.4, -0.2) is 74.3 Å². The van der Waals surface area contributed by atoms with E-state index in [4.69, 9.17) is 13.8 Å². The number of unbranched alkanes of at least 4 members (excludes halogenated alkanes) is 43. The van der Waals surface area contributed by atoms with Crippen LogP contribution in [0.15, 0.2) is 48.6 Å². The van der Waals surface area contributed by atoms with Gasteiger partial charge in [0.1, 0.15) is 19.3 Å². The summed E-state index contributed by atoms with van der Waals surface area (Å²) in [5, 5.41) is 3.06. The zero-order valence-corrected chi connectivity index (χ0v) is 54.7. The average Bonchev–Trinajstić information content (AvgIpc) is 3.42. The SMILES string of the molecule is CC/C=C/C=C/C=C/CCCCCCCCCC(=O)NC(COP(=O)(O)OCC[N+](C)(C)C)C(/C=C\CCCCCCCCCCCC)OC(=O)CCCCCCCCCCCCCCCCCCCCCCCCCCCCC. The first kappa shape index (κ1) is 78.0. The van der Waals surface area contributed by atoms with Gasteiger partial charge >= 0.3 is 13.8 Å². The van der Waals surface area contributed by atoms with E-state index < -0.39 is 20.0 Å². The molecule has 0 spiro atoms. The van der Waals surface area contributed by atoms with Gasteiger partial charge < -0.3 is 19.4 Å². The molecule has 0 rings (SSSR count).